The van der Waals surface area contributed by atoms with Crippen molar-refractivity contribution in [1.82, 2.24) is 15.1 Å². The topological polar surface area (TPSA) is 67.2 Å². The quantitative estimate of drug-likeness (QED) is 0.755. The Morgan fingerprint density at radius 3 is 2.95 bits per heavy atom. The molecule has 1 aromatic heterocycles. The molecule has 2 aliphatic rings. The third-order valence-electron chi connectivity index (χ3n) is 3.62. The predicted octanol–water partition coefficient (Wildman–Crippen LogP) is 0.395. The first-order valence-electron chi connectivity index (χ1n) is 6.64. The Balaban J connectivity index is 1.62. The summed E-state index contributed by atoms with van der Waals surface area (Å²) in [6, 6.07) is -0.268. The summed E-state index contributed by atoms with van der Waals surface area (Å²) < 4.78 is 1.72. The number of aliphatic hydroxyl groups excluding tert-OH is 1. The molecule has 0 radical (unpaired) electrons. The molecule has 0 saturated heterocycles. The SMILES string of the molecule is Cc1cnn([C@H]2[C@H](O)C[C@@H]2NC(=O)C#CC2CC2)c1. The Hall–Kier alpha value is -1.80. The van der Waals surface area contributed by atoms with Crippen LogP contribution in [0.1, 0.15) is 30.9 Å². The average Bonchev–Trinajstić information content (AvgIpc) is 3.09. The van der Waals surface area contributed by atoms with Crippen LogP contribution in [0, 0.1) is 24.7 Å². The molecule has 2 fully saturated rings. The van der Waals surface area contributed by atoms with Crippen LogP contribution in [0.4, 0.5) is 0 Å². The molecule has 0 aliphatic heterocycles. The van der Waals surface area contributed by atoms with Crippen molar-refractivity contribution < 1.29 is 9.90 Å². The van der Waals surface area contributed by atoms with Crippen molar-refractivity contribution >= 4 is 5.91 Å². The molecule has 1 amide bonds. The van der Waals surface area contributed by atoms with Crippen LogP contribution < -0.4 is 5.32 Å². The Kier molecular flexibility index (Phi) is 3.03. The minimum atomic E-state index is -0.457. The van der Waals surface area contributed by atoms with E-state index in [1.54, 1.807) is 10.9 Å². The molecule has 2 saturated carbocycles. The fourth-order valence-corrected chi connectivity index (χ4v) is 2.31. The predicted molar refractivity (Wildman–Crippen MR) is 69.1 cm³/mol. The van der Waals surface area contributed by atoms with Crippen LogP contribution in [0.25, 0.3) is 0 Å². The van der Waals surface area contributed by atoms with E-state index in [0.29, 0.717) is 12.3 Å². The first-order valence-corrected chi connectivity index (χ1v) is 6.64. The molecule has 5 nitrogen and oxygen atoms in total. The molecular formula is C14H17N3O2. The zero-order valence-electron chi connectivity index (χ0n) is 10.8. The van der Waals surface area contributed by atoms with Crippen molar-refractivity contribution in [3.05, 3.63) is 18.0 Å². The molecule has 19 heavy (non-hydrogen) atoms. The molecule has 2 aliphatic carbocycles. The van der Waals surface area contributed by atoms with Crippen molar-refractivity contribution in [2.24, 2.45) is 5.92 Å². The lowest BCUT2D eigenvalue weighted by Gasteiger charge is -2.41. The maximum Gasteiger partial charge on any atom is 0.296 e. The van der Waals surface area contributed by atoms with Gasteiger partial charge in [0.2, 0.25) is 0 Å². The monoisotopic (exact) mass is 259 g/mol. The normalized spacial score (nSPS) is 29.1. The lowest BCUT2D eigenvalue weighted by Crippen LogP contribution is -2.55. The molecule has 3 rings (SSSR count). The summed E-state index contributed by atoms with van der Waals surface area (Å²) in [5, 5.41) is 16.9. The standard InChI is InChI=1S/C14H17N3O2/c1-9-7-15-17(8-9)14-11(6-12(14)18)16-13(19)5-4-10-2-3-10/h7-8,10-12,14,18H,2-3,6H2,1H3,(H,16,19)/t11-,12+,14+/m0/s1. The molecule has 0 bridgehead atoms. The van der Waals surface area contributed by atoms with Crippen LogP contribution in [0.3, 0.4) is 0 Å². The molecule has 100 valence electrons. The van der Waals surface area contributed by atoms with Crippen LogP contribution in [0.15, 0.2) is 12.4 Å². The van der Waals surface area contributed by atoms with Crippen LogP contribution in [-0.2, 0) is 4.79 Å². The fraction of sp³-hybridized carbons (Fsp3) is 0.571. The van der Waals surface area contributed by atoms with Crippen molar-refractivity contribution in [1.29, 1.82) is 0 Å². The lowest BCUT2D eigenvalue weighted by molar-refractivity contribution is -0.119. The van der Waals surface area contributed by atoms with E-state index in [4.69, 9.17) is 0 Å². The van der Waals surface area contributed by atoms with E-state index in [1.165, 1.54) is 0 Å². The molecular weight excluding hydrogens is 242 g/mol. The number of carbonyl (C=O) groups excluding carboxylic acids is 1. The first-order chi connectivity index (χ1) is 9.13. The lowest BCUT2D eigenvalue weighted by atomic mass is 9.83. The zero-order valence-corrected chi connectivity index (χ0v) is 10.8. The Morgan fingerprint density at radius 1 is 1.58 bits per heavy atom. The van der Waals surface area contributed by atoms with Gasteiger partial charge in [0.05, 0.1) is 24.4 Å². The van der Waals surface area contributed by atoms with Crippen molar-refractivity contribution in [2.75, 3.05) is 0 Å². The second kappa shape index (κ2) is 4.71. The van der Waals surface area contributed by atoms with Crippen LogP contribution in [0.2, 0.25) is 0 Å². The van der Waals surface area contributed by atoms with Gasteiger partial charge in [-0.25, -0.2) is 0 Å². The second-order valence-corrected chi connectivity index (χ2v) is 5.41. The highest BCUT2D eigenvalue weighted by molar-refractivity contribution is 5.93. The number of amides is 1. The molecule has 3 atom stereocenters. The van der Waals surface area contributed by atoms with E-state index < -0.39 is 6.10 Å². The molecule has 0 spiro atoms. The average molecular weight is 259 g/mol. The minimum Gasteiger partial charge on any atom is -0.391 e. The van der Waals surface area contributed by atoms with Gasteiger partial charge in [-0.15, -0.1) is 0 Å². The third-order valence-corrected chi connectivity index (χ3v) is 3.62. The summed E-state index contributed by atoms with van der Waals surface area (Å²) >= 11 is 0. The molecule has 0 aromatic carbocycles. The molecule has 5 heteroatoms. The maximum atomic E-state index is 11.7. The van der Waals surface area contributed by atoms with Gasteiger partial charge >= 0.3 is 0 Å². The number of nitrogens with zero attached hydrogens (tertiary/aromatic N) is 2. The van der Waals surface area contributed by atoms with Gasteiger partial charge in [0.1, 0.15) is 0 Å². The molecule has 1 heterocycles. The number of rotatable bonds is 2. The van der Waals surface area contributed by atoms with Gasteiger partial charge in [-0.3, -0.25) is 9.48 Å². The highest BCUT2D eigenvalue weighted by Gasteiger charge is 2.42. The Morgan fingerprint density at radius 2 is 2.37 bits per heavy atom. The van der Waals surface area contributed by atoms with E-state index in [9.17, 15) is 9.90 Å². The summed E-state index contributed by atoms with van der Waals surface area (Å²) in [5.41, 5.74) is 1.04. The molecule has 1 aromatic rings. The molecule has 0 unspecified atom stereocenters. The number of carbonyl (C=O) groups is 1. The van der Waals surface area contributed by atoms with Gasteiger partial charge in [0.25, 0.3) is 5.91 Å². The van der Waals surface area contributed by atoms with Crippen molar-refractivity contribution in [2.45, 2.75) is 44.4 Å². The Labute approximate surface area is 112 Å². The smallest absolute Gasteiger partial charge is 0.296 e. The van der Waals surface area contributed by atoms with Gasteiger partial charge in [0.15, 0.2) is 0 Å². The Bertz CT molecular complexity index is 551. The summed E-state index contributed by atoms with van der Waals surface area (Å²) in [6.07, 6.45) is 5.94. The van der Waals surface area contributed by atoms with Gasteiger partial charge < -0.3 is 10.4 Å². The number of hydrogen-bond acceptors (Lipinski definition) is 3. The second-order valence-electron chi connectivity index (χ2n) is 5.41. The summed E-state index contributed by atoms with van der Waals surface area (Å²) in [7, 11) is 0. The summed E-state index contributed by atoms with van der Waals surface area (Å²) in [4.78, 5) is 11.7. The molecule has 2 N–H and O–H groups in total. The number of aliphatic hydroxyl groups is 1. The highest BCUT2D eigenvalue weighted by atomic mass is 16.3. The van der Waals surface area contributed by atoms with E-state index in [2.05, 4.69) is 22.3 Å². The van der Waals surface area contributed by atoms with Crippen LogP contribution in [0.5, 0.6) is 0 Å². The van der Waals surface area contributed by atoms with Gasteiger partial charge in [0, 0.05) is 12.1 Å². The van der Waals surface area contributed by atoms with E-state index in [1.807, 2.05) is 13.1 Å². The third kappa shape index (κ3) is 2.64. The van der Waals surface area contributed by atoms with E-state index in [-0.39, 0.29) is 18.0 Å². The fourth-order valence-electron chi connectivity index (χ4n) is 2.31. The zero-order chi connectivity index (χ0) is 13.4. The van der Waals surface area contributed by atoms with E-state index >= 15 is 0 Å². The summed E-state index contributed by atoms with van der Waals surface area (Å²) in [6.45, 7) is 1.95. The first kappa shape index (κ1) is 12.2. The van der Waals surface area contributed by atoms with Crippen molar-refractivity contribution in [3.63, 3.8) is 0 Å². The number of nitrogens with one attached hydrogen (secondary N) is 1. The van der Waals surface area contributed by atoms with Gasteiger partial charge in [-0.05, 0) is 37.7 Å². The van der Waals surface area contributed by atoms with Crippen LogP contribution >= 0.6 is 0 Å². The maximum absolute atomic E-state index is 11.7. The summed E-state index contributed by atoms with van der Waals surface area (Å²) in [5.74, 6) is 5.72. The number of hydrogen-bond donors (Lipinski definition) is 2. The highest BCUT2D eigenvalue weighted by Crippen LogP contribution is 2.32. The van der Waals surface area contributed by atoms with Crippen LogP contribution in [-0.4, -0.2) is 32.9 Å². The number of aromatic nitrogens is 2. The van der Waals surface area contributed by atoms with Crippen molar-refractivity contribution in [3.8, 4) is 11.8 Å². The van der Waals surface area contributed by atoms with Gasteiger partial charge in [-0.2, -0.15) is 5.10 Å². The number of aryl methyl sites for hydroxylation is 1. The minimum absolute atomic E-state index is 0.0877. The van der Waals surface area contributed by atoms with E-state index in [0.717, 1.165) is 18.4 Å². The largest absolute Gasteiger partial charge is 0.391 e. The van der Waals surface area contributed by atoms with Gasteiger partial charge in [-0.1, -0.05) is 5.92 Å².